The maximum atomic E-state index is 11.7. The molecule has 22 heavy (non-hydrogen) atoms. The van der Waals surface area contributed by atoms with Crippen molar-refractivity contribution in [1.29, 1.82) is 0 Å². The van der Waals surface area contributed by atoms with E-state index in [0.717, 1.165) is 17.0 Å². The van der Waals surface area contributed by atoms with Crippen molar-refractivity contribution < 1.29 is 9.53 Å². The molecule has 0 bridgehead atoms. The fraction of sp³-hybridized carbons (Fsp3) is 0.176. The number of hydrogen-bond donors (Lipinski definition) is 2. The van der Waals surface area contributed by atoms with Crippen LogP contribution in [0.2, 0.25) is 0 Å². The summed E-state index contributed by atoms with van der Waals surface area (Å²) < 4.78 is 5.48. The van der Waals surface area contributed by atoms with Crippen LogP contribution in [0.15, 0.2) is 59.7 Å². The molecule has 2 N–H and O–H groups in total. The number of ether oxygens (including phenoxy) is 1. The van der Waals surface area contributed by atoms with E-state index in [1.54, 1.807) is 6.21 Å². The van der Waals surface area contributed by atoms with E-state index >= 15 is 0 Å². The van der Waals surface area contributed by atoms with Gasteiger partial charge in [-0.2, -0.15) is 5.10 Å². The Morgan fingerprint density at radius 2 is 1.86 bits per heavy atom. The largest absolute Gasteiger partial charge is 0.493 e. The van der Waals surface area contributed by atoms with Gasteiger partial charge in [0.25, 0.3) is 5.91 Å². The zero-order valence-electron chi connectivity index (χ0n) is 12.5. The number of para-hydroxylation sites is 2. The Morgan fingerprint density at radius 3 is 2.64 bits per heavy atom. The Balaban J connectivity index is 1.83. The first-order valence-corrected chi connectivity index (χ1v) is 7.12. The van der Waals surface area contributed by atoms with Gasteiger partial charge in [-0.3, -0.25) is 4.79 Å². The van der Waals surface area contributed by atoms with Crippen LogP contribution in [0.5, 0.6) is 5.75 Å². The second-order valence-corrected chi connectivity index (χ2v) is 4.48. The summed E-state index contributed by atoms with van der Waals surface area (Å²) in [5.74, 6) is 0.527. The molecule has 0 aliphatic carbocycles. The maximum Gasteiger partial charge on any atom is 0.259 e. The Kier molecular flexibility index (Phi) is 5.99. The molecular weight excluding hydrogens is 278 g/mol. The van der Waals surface area contributed by atoms with Crippen molar-refractivity contribution in [3.8, 4) is 5.75 Å². The Labute approximate surface area is 130 Å². The van der Waals surface area contributed by atoms with Crippen molar-refractivity contribution in [3.63, 3.8) is 0 Å². The van der Waals surface area contributed by atoms with E-state index < -0.39 is 0 Å². The smallest absolute Gasteiger partial charge is 0.259 e. The lowest BCUT2D eigenvalue weighted by Gasteiger charge is -2.06. The minimum absolute atomic E-state index is 0.161. The van der Waals surface area contributed by atoms with Gasteiger partial charge in [0, 0.05) is 11.3 Å². The molecule has 5 nitrogen and oxygen atoms in total. The van der Waals surface area contributed by atoms with Gasteiger partial charge in [0.1, 0.15) is 5.75 Å². The Hall–Kier alpha value is -2.82. The second-order valence-electron chi connectivity index (χ2n) is 4.48. The molecule has 0 unspecified atom stereocenters. The summed E-state index contributed by atoms with van der Waals surface area (Å²) in [6.07, 6.45) is 1.57. The number of hydrazone groups is 1. The highest BCUT2D eigenvalue weighted by Gasteiger charge is 2.01. The number of benzene rings is 2. The molecule has 0 spiro atoms. The van der Waals surface area contributed by atoms with Crippen molar-refractivity contribution in [2.45, 2.75) is 6.92 Å². The average Bonchev–Trinajstić information content (AvgIpc) is 2.56. The third kappa shape index (κ3) is 4.94. The molecule has 0 saturated heterocycles. The normalized spacial score (nSPS) is 10.4. The molecule has 1 amide bonds. The van der Waals surface area contributed by atoms with E-state index in [2.05, 4.69) is 15.8 Å². The van der Waals surface area contributed by atoms with Gasteiger partial charge in [0.15, 0.2) is 0 Å². The Bertz CT molecular complexity index is 627. The van der Waals surface area contributed by atoms with Crippen LogP contribution in [0.25, 0.3) is 0 Å². The highest BCUT2D eigenvalue weighted by molar-refractivity contribution is 5.86. The molecule has 0 atom stereocenters. The van der Waals surface area contributed by atoms with Crippen molar-refractivity contribution in [2.75, 3.05) is 18.5 Å². The first kappa shape index (κ1) is 15.6. The third-order valence-electron chi connectivity index (χ3n) is 2.84. The molecule has 0 fully saturated rings. The summed E-state index contributed by atoms with van der Waals surface area (Å²) in [7, 11) is 0. The van der Waals surface area contributed by atoms with E-state index in [4.69, 9.17) is 4.74 Å². The van der Waals surface area contributed by atoms with Gasteiger partial charge in [-0.05, 0) is 31.2 Å². The van der Waals surface area contributed by atoms with Crippen LogP contribution in [0.1, 0.15) is 12.5 Å². The zero-order valence-corrected chi connectivity index (χ0v) is 12.5. The van der Waals surface area contributed by atoms with Crippen molar-refractivity contribution >= 4 is 17.8 Å². The van der Waals surface area contributed by atoms with Crippen molar-refractivity contribution in [3.05, 3.63) is 60.2 Å². The number of carbonyl (C=O) groups excluding carboxylic acids is 1. The molecule has 0 aliphatic rings. The first-order valence-electron chi connectivity index (χ1n) is 7.12. The molecule has 2 aromatic rings. The number of nitrogens with zero attached hydrogens (tertiary/aromatic N) is 1. The number of amides is 1. The topological polar surface area (TPSA) is 62.7 Å². The van der Waals surface area contributed by atoms with E-state index in [1.807, 2.05) is 61.5 Å². The molecule has 5 heteroatoms. The molecule has 114 valence electrons. The van der Waals surface area contributed by atoms with E-state index in [1.165, 1.54) is 0 Å². The number of nitrogens with one attached hydrogen (secondary N) is 2. The monoisotopic (exact) mass is 297 g/mol. The van der Waals surface area contributed by atoms with Crippen LogP contribution in [0, 0.1) is 0 Å². The Morgan fingerprint density at radius 1 is 1.14 bits per heavy atom. The van der Waals surface area contributed by atoms with E-state index in [-0.39, 0.29) is 12.5 Å². The summed E-state index contributed by atoms with van der Waals surface area (Å²) >= 11 is 0. The van der Waals surface area contributed by atoms with Gasteiger partial charge >= 0.3 is 0 Å². The summed E-state index contributed by atoms with van der Waals surface area (Å²) in [5, 5.41) is 6.97. The number of carbonyl (C=O) groups is 1. The number of hydrogen-bond acceptors (Lipinski definition) is 4. The van der Waals surface area contributed by atoms with E-state index in [0.29, 0.717) is 6.61 Å². The van der Waals surface area contributed by atoms with Crippen molar-refractivity contribution in [2.24, 2.45) is 5.10 Å². The van der Waals surface area contributed by atoms with Crippen molar-refractivity contribution in [1.82, 2.24) is 5.43 Å². The zero-order chi connectivity index (χ0) is 15.6. The molecule has 0 aromatic heterocycles. The van der Waals surface area contributed by atoms with Gasteiger partial charge in [-0.25, -0.2) is 5.43 Å². The highest BCUT2D eigenvalue weighted by atomic mass is 16.5. The van der Waals surface area contributed by atoms with Crippen LogP contribution >= 0.6 is 0 Å². The first-order chi connectivity index (χ1) is 10.8. The maximum absolute atomic E-state index is 11.7. The minimum Gasteiger partial charge on any atom is -0.493 e. The van der Waals surface area contributed by atoms with Crippen LogP contribution in [-0.4, -0.2) is 25.3 Å². The van der Waals surface area contributed by atoms with Crippen LogP contribution in [0.3, 0.4) is 0 Å². The lowest BCUT2D eigenvalue weighted by atomic mass is 10.2. The SMILES string of the molecule is CCOc1ccccc1/C=N\NC(=O)CNc1ccccc1. The van der Waals surface area contributed by atoms with Crippen LogP contribution < -0.4 is 15.5 Å². The van der Waals surface area contributed by atoms with E-state index in [9.17, 15) is 4.79 Å². The van der Waals surface area contributed by atoms with Crippen LogP contribution in [0.4, 0.5) is 5.69 Å². The fourth-order valence-corrected chi connectivity index (χ4v) is 1.83. The molecule has 0 heterocycles. The van der Waals surface area contributed by atoms with Gasteiger partial charge in [-0.1, -0.05) is 30.3 Å². The third-order valence-corrected chi connectivity index (χ3v) is 2.84. The molecule has 0 saturated carbocycles. The number of anilines is 1. The second kappa shape index (κ2) is 8.46. The van der Waals surface area contributed by atoms with Gasteiger partial charge < -0.3 is 10.1 Å². The highest BCUT2D eigenvalue weighted by Crippen LogP contribution is 2.15. The molecule has 2 aromatic carbocycles. The molecule has 2 rings (SSSR count). The van der Waals surface area contributed by atoms with Crippen LogP contribution in [-0.2, 0) is 4.79 Å². The summed E-state index contributed by atoms with van der Waals surface area (Å²) in [6.45, 7) is 2.66. The van der Waals surface area contributed by atoms with Gasteiger partial charge in [0.05, 0.1) is 19.4 Å². The minimum atomic E-state index is -0.214. The van der Waals surface area contributed by atoms with Gasteiger partial charge in [0.2, 0.25) is 0 Å². The lowest BCUT2D eigenvalue weighted by Crippen LogP contribution is -2.25. The molecular formula is C17H19N3O2. The fourth-order valence-electron chi connectivity index (χ4n) is 1.83. The predicted octanol–water partition coefficient (Wildman–Crippen LogP) is 2.65. The standard InChI is InChI=1S/C17H19N3O2/c1-2-22-16-11-7-6-8-14(16)12-19-20-17(21)13-18-15-9-4-3-5-10-15/h3-12,18H,2,13H2,1H3,(H,20,21)/b19-12-. The summed E-state index contributed by atoms with van der Waals surface area (Å²) in [4.78, 5) is 11.7. The predicted molar refractivity (Wildman–Crippen MR) is 88.3 cm³/mol. The number of rotatable bonds is 7. The lowest BCUT2D eigenvalue weighted by molar-refractivity contribution is -0.119. The summed E-state index contributed by atoms with van der Waals surface area (Å²) in [6, 6.07) is 17.1. The van der Waals surface area contributed by atoms with Gasteiger partial charge in [-0.15, -0.1) is 0 Å². The quantitative estimate of drug-likeness (QED) is 0.610. The molecule has 0 radical (unpaired) electrons. The molecule has 0 aliphatic heterocycles. The summed E-state index contributed by atoms with van der Waals surface area (Å²) in [5.41, 5.74) is 4.20. The average molecular weight is 297 g/mol.